The Hall–Kier alpha value is -6.94. The Morgan fingerprint density at radius 3 is 1.95 bits per heavy atom. The largest absolute Gasteiger partial charge is 0.331 e. The fourth-order valence-corrected chi connectivity index (χ4v) is 11.7. The summed E-state index contributed by atoms with van der Waals surface area (Å²) < 4.78 is 0. The highest BCUT2D eigenvalue weighted by atomic mass is 28.2. The molecule has 4 aliphatic rings. The van der Waals surface area contributed by atoms with Gasteiger partial charge in [-0.1, -0.05) is 189 Å². The van der Waals surface area contributed by atoms with Crippen molar-refractivity contribution < 1.29 is 0 Å². The van der Waals surface area contributed by atoms with Crippen molar-refractivity contribution in [3.8, 4) is 33.4 Å². The van der Waals surface area contributed by atoms with Gasteiger partial charge in [0, 0.05) is 40.2 Å². The predicted molar refractivity (Wildman–Crippen MR) is 260 cm³/mol. The second-order valence-corrected chi connectivity index (χ2v) is 18.6. The zero-order chi connectivity index (χ0) is 41.3. The molecule has 0 saturated carbocycles. The Labute approximate surface area is 362 Å². The Morgan fingerprint density at radius 2 is 1.20 bits per heavy atom. The minimum atomic E-state index is -0.201. The van der Waals surface area contributed by atoms with Crippen LogP contribution in [0, 0.1) is 0 Å². The van der Waals surface area contributed by atoms with Gasteiger partial charge >= 0.3 is 0 Å². The van der Waals surface area contributed by atoms with Crippen LogP contribution in [0.15, 0.2) is 213 Å². The summed E-state index contributed by atoms with van der Waals surface area (Å²) in [5.41, 5.74) is 18.3. The van der Waals surface area contributed by atoms with Crippen molar-refractivity contribution in [3.63, 3.8) is 0 Å². The molecule has 61 heavy (non-hydrogen) atoms. The summed E-state index contributed by atoms with van der Waals surface area (Å²) in [4.78, 5) is 4.92. The topological polar surface area (TPSA) is 6.48 Å². The van der Waals surface area contributed by atoms with Gasteiger partial charge < -0.3 is 9.80 Å². The van der Waals surface area contributed by atoms with Crippen molar-refractivity contribution in [2.45, 2.75) is 37.6 Å². The van der Waals surface area contributed by atoms with E-state index >= 15 is 0 Å². The highest BCUT2D eigenvalue weighted by Crippen LogP contribution is 2.55. The Bertz CT molecular complexity index is 3020. The van der Waals surface area contributed by atoms with E-state index in [0.29, 0.717) is 9.52 Å². The van der Waals surface area contributed by atoms with Gasteiger partial charge in [0.2, 0.25) is 0 Å². The van der Waals surface area contributed by atoms with Gasteiger partial charge in [-0.25, -0.2) is 0 Å². The van der Waals surface area contributed by atoms with E-state index in [1.807, 2.05) is 0 Å². The van der Waals surface area contributed by atoms with Gasteiger partial charge in [-0.05, 0) is 105 Å². The third-order valence-corrected chi connectivity index (χ3v) is 14.8. The number of fused-ring (bicyclic) bond motifs is 8. The third kappa shape index (κ3) is 5.90. The number of nitrogens with zero attached hydrogens (tertiary/aromatic N) is 2. The fraction of sp³-hybridized carbons (Fsp3) is 0.103. The molecule has 2 unspecified atom stereocenters. The quantitative estimate of drug-likeness (QED) is 0.155. The van der Waals surface area contributed by atoms with Crippen molar-refractivity contribution in [2.75, 3.05) is 9.80 Å². The van der Waals surface area contributed by atoms with Gasteiger partial charge in [0.25, 0.3) is 0 Å². The fourth-order valence-electron chi connectivity index (χ4n) is 10.4. The molecule has 0 bridgehead atoms. The number of hydrogen-bond donors (Lipinski definition) is 0. The first-order valence-corrected chi connectivity index (χ1v) is 22.3. The monoisotopic (exact) mass is 798 g/mol. The van der Waals surface area contributed by atoms with Gasteiger partial charge in [-0.2, -0.15) is 0 Å². The van der Waals surface area contributed by atoms with Crippen LogP contribution in [0.2, 0.25) is 0 Å². The molecule has 0 aromatic heterocycles. The lowest BCUT2D eigenvalue weighted by molar-refractivity contribution is 0.542. The van der Waals surface area contributed by atoms with Gasteiger partial charge in [-0.15, -0.1) is 0 Å². The molecule has 2 atom stereocenters. The third-order valence-electron chi connectivity index (χ3n) is 13.4. The molecule has 0 amide bonds. The first-order valence-electron chi connectivity index (χ1n) is 21.3. The Balaban J connectivity index is 1.04. The molecular formula is C58H46N2Si. The van der Waals surface area contributed by atoms with E-state index in [4.69, 9.17) is 0 Å². The average molecular weight is 799 g/mol. The zero-order valence-corrected chi connectivity index (χ0v) is 35.8. The summed E-state index contributed by atoms with van der Waals surface area (Å²) in [5, 5.41) is 2.63. The van der Waals surface area contributed by atoms with Crippen molar-refractivity contribution >= 4 is 48.2 Å². The summed E-state index contributed by atoms with van der Waals surface area (Å²) in [7, 11) is 0.423. The van der Waals surface area contributed by atoms with Gasteiger partial charge in [0.05, 0.1) is 11.2 Å². The first kappa shape index (κ1) is 37.1. The molecule has 7 aromatic carbocycles. The normalized spacial score (nSPS) is 19.9. The van der Waals surface area contributed by atoms with Crippen molar-refractivity contribution in [1.29, 1.82) is 0 Å². The molecule has 292 valence electrons. The van der Waals surface area contributed by atoms with Crippen LogP contribution in [0.4, 0.5) is 22.7 Å². The summed E-state index contributed by atoms with van der Waals surface area (Å²) in [5.74, 6) is 0.287. The Morgan fingerprint density at radius 1 is 0.541 bits per heavy atom. The molecule has 7 aromatic rings. The van der Waals surface area contributed by atoms with Crippen LogP contribution in [-0.4, -0.2) is 15.1 Å². The van der Waals surface area contributed by atoms with Gasteiger partial charge in [0.15, 0.2) is 0 Å². The summed E-state index contributed by atoms with van der Waals surface area (Å²) in [6, 6.07) is 58.5. The van der Waals surface area contributed by atoms with Crippen LogP contribution < -0.4 is 20.2 Å². The number of hydrogen-bond acceptors (Lipinski definition) is 2. The van der Waals surface area contributed by atoms with E-state index in [-0.39, 0.29) is 16.9 Å². The van der Waals surface area contributed by atoms with E-state index in [2.05, 4.69) is 244 Å². The molecule has 2 nitrogen and oxygen atoms in total. The second-order valence-electron chi connectivity index (χ2n) is 17.3. The number of allylic oxidation sites excluding steroid dienone is 6. The maximum absolute atomic E-state index is 4.65. The van der Waals surface area contributed by atoms with Crippen LogP contribution in [0.25, 0.3) is 39.0 Å². The lowest BCUT2D eigenvalue weighted by Crippen LogP contribution is -2.42. The van der Waals surface area contributed by atoms with E-state index in [0.717, 1.165) is 16.9 Å². The molecule has 0 fully saturated rings. The molecular weight excluding hydrogens is 753 g/mol. The van der Waals surface area contributed by atoms with E-state index < -0.39 is 0 Å². The van der Waals surface area contributed by atoms with Crippen LogP contribution in [-0.2, 0) is 5.41 Å². The standard InChI is InChI=1S/C58H46N2Si/c1-39-19-16-18-36-59(52-32-31-50-56(55(39)52)45-25-11-13-26-48(45)57(50,2)3)42-29-33-53(46(37-42)40-20-7-5-8-21-40)61-54-34-30-43(38-47(54)41-22-9-6-10-23-41)60-51-28-14-12-24-44(51)49-27-15-17-35-58(49,60)4/h5-38,49H,1H2,2-4H3/b19-16-,36-18-. The molecule has 2 heterocycles. The van der Waals surface area contributed by atoms with Crippen LogP contribution >= 0.6 is 0 Å². The van der Waals surface area contributed by atoms with Crippen LogP contribution in [0.5, 0.6) is 0 Å². The number of anilines is 4. The Kier molecular flexibility index (Phi) is 8.73. The van der Waals surface area contributed by atoms with E-state index in [1.54, 1.807) is 0 Å². The SMILES string of the molecule is C=C1/C=C\C=C/N(c2ccc([Si]c3ccc(N4c5ccccc5C5C=CC=CC54C)cc3-c3ccccc3)c(-c3ccccc3)c2)c2ccc3c(c21)-c1ccccc1C3(C)C. The van der Waals surface area contributed by atoms with Crippen molar-refractivity contribution in [1.82, 2.24) is 0 Å². The molecule has 2 aliphatic heterocycles. The zero-order valence-electron chi connectivity index (χ0n) is 34.8. The lowest BCUT2D eigenvalue weighted by atomic mass is 9.80. The highest BCUT2D eigenvalue weighted by Gasteiger charge is 2.47. The molecule has 2 radical (unpaired) electrons. The molecule has 0 spiro atoms. The molecule has 0 saturated heterocycles. The summed E-state index contributed by atoms with van der Waals surface area (Å²) >= 11 is 0. The minimum Gasteiger partial charge on any atom is -0.331 e. The molecule has 3 heteroatoms. The molecule has 0 N–H and O–H groups in total. The lowest BCUT2D eigenvalue weighted by Gasteiger charge is -2.39. The van der Waals surface area contributed by atoms with Crippen LogP contribution in [0.3, 0.4) is 0 Å². The predicted octanol–water partition coefficient (Wildman–Crippen LogP) is 13.3. The smallest absolute Gasteiger partial charge is 0.123 e. The number of benzene rings is 7. The molecule has 2 aliphatic carbocycles. The van der Waals surface area contributed by atoms with Crippen molar-refractivity contribution in [2.24, 2.45) is 0 Å². The van der Waals surface area contributed by atoms with Gasteiger partial charge in [0.1, 0.15) is 9.52 Å². The maximum atomic E-state index is 4.65. The number of rotatable bonds is 6. The van der Waals surface area contributed by atoms with Gasteiger partial charge in [-0.3, -0.25) is 0 Å². The average Bonchev–Trinajstić information content (AvgIpc) is 3.70. The van der Waals surface area contributed by atoms with E-state index in [1.165, 1.54) is 77.4 Å². The first-order chi connectivity index (χ1) is 29.8. The summed E-state index contributed by atoms with van der Waals surface area (Å²) in [6.45, 7) is 11.7. The van der Waals surface area contributed by atoms with Crippen LogP contribution in [0.1, 0.15) is 48.9 Å². The second kappa shape index (κ2) is 14.4. The number of para-hydroxylation sites is 1. The summed E-state index contributed by atoms with van der Waals surface area (Å²) in [6.07, 6.45) is 17.8. The highest BCUT2D eigenvalue weighted by molar-refractivity contribution is 6.70. The van der Waals surface area contributed by atoms with E-state index in [9.17, 15) is 0 Å². The molecule has 11 rings (SSSR count). The maximum Gasteiger partial charge on any atom is 0.123 e. The minimum absolute atomic E-state index is 0.0997. The van der Waals surface area contributed by atoms with Crippen molar-refractivity contribution in [3.05, 3.63) is 235 Å².